The summed E-state index contributed by atoms with van der Waals surface area (Å²) in [6.07, 6.45) is -2.02. The van der Waals surface area contributed by atoms with Crippen molar-refractivity contribution in [3.8, 4) is 5.75 Å². The minimum Gasteiger partial charge on any atom is -0.406 e. The summed E-state index contributed by atoms with van der Waals surface area (Å²) in [5.74, 6) is 0.547. The number of halogens is 3. The number of unbranched alkanes of at least 4 members (excludes halogenated alkanes) is 1. The van der Waals surface area contributed by atoms with Crippen molar-refractivity contribution >= 4 is 26.9 Å². The number of alkyl halides is 3. The van der Waals surface area contributed by atoms with Crippen molar-refractivity contribution in [1.82, 2.24) is 19.3 Å². The maximum atomic E-state index is 12.4. The Hall–Kier alpha value is -2.90. The zero-order valence-corrected chi connectivity index (χ0v) is 19.5. The Balaban J connectivity index is 1.61. The van der Waals surface area contributed by atoms with Crippen molar-refractivity contribution in [2.45, 2.75) is 51.1 Å². The van der Waals surface area contributed by atoms with Crippen molar-refractivity contribution in [2.75, 3.05) is 18.9 Å². The normalized spacial score (nSPS) is 12.4. The van der Waals surface area contributed by atoms with Crippen LogP contribution in [0.3, 0.4) is 0 Å². The molecule has 186 valence electrons. The van der Waals surface area contributed by atoms with E-state index in [9.17, 15) is 21.6 Å². The minimum atomic E-state index is -4.84. The summed E-state index contributed by atoms with van der Waals surface area (Å²) >= 11 is 0. The number of nitrogens with two attached hydrogens (primary N) is 1. The predicted octanol–water partition coefficient (Wildman–Crippen LogP) is 3.52. The molecule has 3 N–H and O–H groups in total. The Kier molecular flexibility index (Phi) is 8.00. The molecule has 0 aliphatic rings. The first-order valence-corrected chi connectivity index (χ1v) is 12.0. The summed E-state index contributed by atoms with van der Waals surface area (Å²) in [5.41, 5.74) is 8.37. The predicted molar refractivity (Wildman–Crippen MR) is 120 cm³/mol. The van der Waals surface area contributed by atoms with E-state index in [1.165, 1.54) is 0 Å². The van der Waals surface area contributed by atoms with Crippen LogP contribution in [0.4, 0.5) is 19.0 Å². The summed E-state index contributed by atoms with van der Waals surface area (Å²) in [5, 5.41) is 0. The molecule has 0 fully saturated rings. The van der Waals surface area contributed by atoms with E-state index in [-0.39, 0.29) is 11.4 Å². The van der Waals surface area contributed by atoms with Crippen molar-refractivity contribution in [1.29, 1.82) is 0 Å². The number of aromatic nitrogens is 3. The summed E-state index contributed by atoms with van der Waals surface area (Å²) in [4.78, 5) is 8.57. The van der Waals surface area contributed by atoms with Gasteiger partial charge in [-0.3, -0.25) is 0 Å². The Morgan fingerprint density at radius 1 is 1.18 bits per heavy atom. The third-order valence-electron chi connectivity index (χ3n) is 4.96. The summed E-state index contributed by atoms with van der Waals surface area (Å²) in [7, 11) is -3.87. The van der Waals surface area contributed by atoms with Gasteiger partial charge in [0.2, 0.25) is 10.0 Å². The van der Waals surface area contributed by atoms with Gasteiger partial charge >= 0.3 is 6.36 Å². The molecule has 0 saturated carbocycles. The van der Waals surface area contributed by atoms with Gasteiger partial charge in [0.1, 0.15) is 23.7 Å². The third kappa shape index (κ3) is 6.36. The number of hydrogen-bond acceptors (Lipinski definition) is 7. The molecule has 0 bridgehead atoms. The molecule has 13 heteroatoms. The molecule has 0 saturated heterocycles. The SMILES string of the molecule is CCOCc1nc2c(N)ncc(C)c2n1CCCCNS(=O)(=O)c1ccc(OC(F)(F)F)cc1. The Labute approximate surface area is 195 Å². The second kappa shape index (κ2) is 10.6. The number of sulfonamides is 1. The lowest BCUT2D eigenvalue weighted by Crippen LogP contribution is -2.25. The molecule has 34 heavy (non-hydrogen) atoms. The number of anilines is 1. The van der Waals surface area contributed by atoms with Crippen LogP contribution < -0.4 is 15.2 Å². The van der Waals surface area contributed by atoms with Gasteiger partial charge in [0.15, 0.2) is 5.82 Å². The number of nitrogens with one attached hydrogen (secondary N) is 1. The van der Waals surface area contributed by atoms with Gasteiger partial charge < -0.3 is 19.8 Å². The van der Waals surface area contributed by atoms with Crippen LogP contribution in [0.25, 0.3) is 11.0 Å². The van der Waals surface area contributed by atoms with Crippen LogP contribution in [0.1, 0.15) is 31.2 Å². The summed E-state index contributed by atoms with van der Waals surface area (Å²) < 4.78 is 75.4. The van der Waals surface area contributed by atoms with Gasteiger partial charge in [0, 0.05) is 25.9 Å². The second-order valence-corrected chi connectivity index (χ2v) is 9.23. The van der Waals surface area contributed by atoms with E-state index < -0.39 is 22.1 Å². The maximum absolute atomic E-state index is 12.4. The molecule has 9 nitrogen and oxygen atoms in total. The molecule has 0 radical (unpaired) electrons. The molecule has 3 aromatic rings. The number of ether oxygens (including phenoxy) is 2. The van der Waals surface area contributed by atoms with Crippen molar-refractivity contribution < 1.29 is 31.1 Å². The van der Waals surface area contributed by atoms with E-state index in [4.69, 9.17) is 10.5 Å². The fourth-order valence-electron chi connectivity index (χ4n) is 3.42. The zero-order valence-electron chi connectivity index (χ0n) is 18.7. The Morgan fingerprint density at radius 3 is 2.53 bits per heavy atom. The first-order chi connectivity index (χ1) is 16.0. The summed E-state index contributed by atoms with van der Waals surface area (Å²) in [6, 6.07) is 4.02. The highest BCUT2D eigenvalue weighted by Gasteiger charge is 2.31. The van der Waals surface area contributed by atoms with E-state index in [0.29, 0.717) is 49.8 Å². The average molecular weight is 502 g/mol. The van der Waals surface area contributed by atoms with Crippen LogP contribution in [0.5, 0.6) is 5.75 Å². The van der Waals surface area contributed by atoms with Crippen LogP contribution in [-0.4, -0.2) is 42.5 Å². The number of aryl methyl sites for hydroxylation is 2. The lowest BCUT2D eigenvalue weighted by molar-refractivity contribution is -0.274. The standard InChI is InChI=1S/C21H26F3N5O4S/c1-3-32-13-17-28-18-19(14(2)12-26-20(18)25)29(17)11-5-4-10-27-34(30,31)16-8-6-15(7-9-16)33-21(22,23)24/h6-9,12,27H,3-5,10-11,13H2,1-2H3,(H2,25,26). The van der Waals surface area contributed by atoms with Gasteiger partial charge in [0.25, 0.3) is 0 Å². The van der Waals surface area contributed by atoms with Crippen molar-refractivity contribution in [3.05, 3.63) is 41.9 Å². The number of hydrogen-bond donors (Lipinski definition) is 2. The topological polar surface area (TPSA) is 121 Å². The maximum Gasteiger partial charge on any atom is 0.573 e. The number of fused-ring (bicyclic) bond motifs is 1. The molecule has 3 rings (SSSR count). The number of rotatable bonds is 11. The molecule has 0 unspecified atom stereocenters. The van der Waals surface area contributed by atoms with Gasteiger partial charge in [-0.15, -0.1) is 13.2 Å². The fraction of sp³-hybridized carbons (Fsp3) is 0.429. The first kappa shape index (κ1) is 25.7. The van der Waals surface area contributed by atoms with Crippen LogP contribution >= 0.6 is 0 Å². The van der Waals surface area contributed by atoms with Gasteiger partial charge in [-0.1, -0.05) is 0 Å². The fourth-order valence-corrected chi connectivity index (χ4v) is 4.49. The van der Waals surface area contributed by atoms with Crippen molar-refractivity contribution in [2.24, 2.45) is 0 Å². The van der Waals surface area contributed by atoms with E-state index in [1.807, 2.05) is 18.4 Å². The lowest BCUT2D eigenvalue weighted by atomic mass is 10.2. The van der Waals surface area contributed by atoms with Crippen molar-refractivity contribution in [3.63, 3.8) is 0 Å². The van der Waals surface area contributed by atoms with Gasteiger partial charge in [0.05, 0.1) is 10.4 Å². The first-order valence-electron chi connectivity index (χ1n) is 10.5. The Morgan fingerprint density at radius 2 is 1.88 bits per heavy atom. The zero-order chi connectivity index (χ0) is 24.9. The largest absolute Gasteiger partial charge is 0.573 e. The summed E-state index contributed by atoms with van der Waals surface area (Å²) in [6.45, 7) is 5.35. The highest BCUT2D eigenvalue weighted by molar-refractivity contribution is 7.89. The molecule has 0 amide bonds. The molecule has 0 aliphatic carbocycles. The van der Waals surface area contributed by atoms with E-state index in [2.05, 4.69) is 19.4 Å². The molecule has 2 aromatic heterocycles. The van der Waals surface area contributed by atoms with Crippen LogP contribution in [0.15, 0.2) is 35.4 Å². The number of imidazole rings is 1. The molecule has 0 spiro atoms. The molecule has 0 atom stereocenters. The van der Waals surface area contributed by atoms with Gasteiger partial charge in [-0.2, -0.15) is 0 Å². The number of benzene rings is 1. The van der Waals surface area contributed by atoms with Crippen LogP contribution in [0.2, 0.25) is 0 Å². The number of pyridine rings is 1. The van der Waals surface area contributed by atoms with E-state index >= 15 is 0 Å². The molecular weight excluding hydrogens is 475 g/mol. The van der Waals surface area contributed by atoms with E-state index in [0.717, 1.165) is 35.3 Å². The molecule has 2 heterocycles. The highest BCUT2D eigenvalue weighted by atomic mass is 32.2. The monoisotopic (exact) mass is 501 g/mol. The third-order valence-corrected chi connectivity index (χ3v) is 6.44. The number of nitrogen functional groups attached to an aromatic ring is 1. The van der Waals surface area contributed by atoms with E-state index in [1.54, 1.807) is 6.20 Å². The highest BCUT2D eigenvalue weighted by Crippen LogP contribution is 2.25. The van der Waals surface area contributed by atoms with Crippen LogP contribution in [-0.2, 0) is 27.9 Å². The minimum absolute atomic E-state index is 0.152. The quantitative estimate of drug-likeness (QED) is 0.386. The lowest BCUT2D eigenvalue weighted by Gasteiger charge is -2.12. The number of nitrogens with zero attached hydrogens (tertiary/aromatic N) is 3. The molecular formula is C21H26F3N5O4S. The average Bonchev–Trinajstić information content (AvgIpc) is 3.13. The van der Waals surface area contributed by atoms with Crippen LogP contribution in [0, 0.1) is 6.92 Å². The second-order valence-electron chi connectivity index (χ2n) is 7.46. The smallest absolute Gasteiger partial charge is 0.406 e. The molecule has 0 aliphatic heterocycles. The van der Waals surface area contributed by atoms with Gasteiger partial charge in [-0.25, -0.2) is 23.1 Å². The van der Waals surface area contributed by atoms with Gasteiger partial charge in [-0.05, 0) is 56.5 Å². The molecule has 1 aromatic carbocycles. The Bertz CT molecular complexity index is 1230.